The van der Waals surface area contributed by atoms with Crippen molar-refractivity contribution in [3.8, 4) is 0 Å². The smallest absolute Gasteiger partial charge is 0.240 e. The van der Waals surface area contributed by atoms with E-state index in [0.717, 1.165) is 44.6 Å². The van der Waals surface area contributed by atoms with E-state index in [0.29, 0.717) is 13.1 Å². The van der Waals surface area contributed by atoms with Gasteiger partial charge in [-0.25, -0.2) is 4.39 Å². The lowest BCUT2D eigenvalue weighted by molar-refractivity contribution is -0.142. The molecule has 28 heavy (non-hydrogen) atoms. The lowest BCUT2D eigenvalue weighted by Gasteiger charge is -2.50. The first-order valence-corrected chi connectivity index (χ1v) is 10.2. The number of piperazine rings is 1. The van der Waals surface area contributed by atoms with Crippen LogP contribution in [0.4, 0.5) is 4.39 Å². The minimum Gasteiger partial charge on any atom is -0.353 e. The van der Waals surface area contributed by atoms with Crippen LogP contribution in [0, 0.1) is 5.82 Å². The Balaban J connectivity index is 1.45. The lowest BCUT2D eigenvalue weighted by Crippen LogP contribution is -2.67. The maximum atomic E-state index is 13.7. The van der Waals surface area contributed by atoms with Gasteiger partial charge in [-0.1, -0.05) is 48.0 Å². The average molecular weight is 402 g/mol. The second-order valence-corrected chi connectivity index (χ2v) is 8.13. The van der Waals surface area contributed by atoms with E-state index in [1.807, 2.05) is 24.3 Å². The molecule has 2 fully saturated rings. The van der Waals surface area contributed by atoms with Gasteiger partial charge >= 0.3 is 0 Å². The van der Waals surface area contributed by atoms with Crippen molar-refractivity contribution in [3.05, 3.63) is 70.5 Å². The zero-order valence-electron chi connectivity index (χ0n) is 15.8. The van der Waals surface area contributed by atoms with Crippen LogP contribution in [0.15, 0.2) is 48.5 Å². The van der Waals surface area contributed by atoms with Gasteiger partial charge in [-0.15, -0.1) is 0 Å². The minimum absolute atomic E-state index is 0.145. The fourth-order valence-corrected chi connectivity index (χ4v) is 4.50. The van der Waals surface area contributed by atoms with E-state index in [-0.39, 0.29) is 16.7 Å². The molecule has 0 atom stereocenters. The number of likely N-dealkylation sites (tertiary alicyclic amines) is 1. The Morgan fingerprint density at radius 2 is 1.75 bits per heavy atom. The Labute approximate surface area is 170 Å². The molecule has 0 aromatic heterocycles. The zero-order chi connectivity index (χ0) is 19.6. The standard InChI is InChI=1S/C22H25ClFN3O/c23-19-7-6-18(14-20(19)24)15-26-11-8-22(9-12-26)21(28)25-10-13-27(22)16-17-4-2-1-3-5-17/h1-7,14H,8-13,15-16H2,(H,25,28). The van der Waals surface area contributed by atoms with Gasteiger partial charge in [-0.3, -0.25) is 14.6 Å². The number of amides is 1. The monoisotopic (exact) mass is 401 g/mol. The van der Waals surface area contributed by atoms with Crippen LogP contribution in [0.25, 0.3) is 0 Å². The molecule has 1 amide bonds. The van der Waals surface area contributed by atoms with Gasteiger partial charge in [0.25, 0.3) is 0 Å². The van der Waals surface area contributed by atoms with E-state index in [1.165, 1.54) is 11.6 Å². The van der Waals surface area contributed by atoms with Gasteiger partial charge in [0.15, 0.2) is 0 Å². The first-order chi connectivity index (χ1) is 13.6. The Kier molecular flexibility index (Phi) is 5.67. The third kappa shape index (κ3) is 3.93. The molecule has 2 aliphatic rings. The van der Waals surface area contributed by atoms with Crippen LogP contribution in [0.5, 0.6) is 0 Å². The number of carbonyl (C=O) groups excluding carboxylic acids is 1. The van der Waals surface area contributed by atoms with Crippen molar-refractivity contribution in [2.24, 2.45) is 0 Å². The molecule has 0 radical (unpaired) electrons. The van der Waals surface area contributed by atoms with E-state index in [4.69, 9.17) is 11.6 Å². The van der Waals surface area contributed by atoms with Crippen molar-refractivity contribution in [3.63, 3.8) is 0 Å². The van der Waals surface area contributed by atoms with Gasteiger partial charge in [0.2, 0.25) is 5.91 Å². The van der Waals surface area contributed by atoms with Crippen LogP contribution in [0.1, 0.15) is 24.0 Å². The molecule has 2 aliphatic heterocycles. The average Bonchev–Trinajstić information content (AvgIpc) is 2.71. The Bertz CT molecular complexity index is 837. The fraction of sp³-hybridized carbons (Fsp3) is 0.409. The van der Waals surface area contributed by atoms with Crippen LogP contribution < -0.4 is 5.32 Å². The summed E-state index contributed by atoms with van der Waals surface area (Å²) in [6.45, 7) is 4.64. The summed E-state index contributed by atoms with van der Waals surface area (Å²) in [5.74, 6) is -0.236. The minimum atomic E-state index is -0.449. The molecule has 2 aromatic rings. The highest BCUT2D eigenvalue weighted by Crippen LogP contribution is 2.33. The molecule has 1 N–H and O–H groups in total. The van der Waals surface area contributed by atoms with E-state index < -0.39 is 5.54 Å². The molecule has 2 heterocycles. The summed E-state index contributed by atoms with van der Waals surface area (Å²) in [5, 5.41) is 3.22. The van der Waals surface area contributed by atoms with Crippen molar-refractivity contribution in [1.82, 2.24) is 15.1 Å². The summed E-state index contributed by atoms with van der Waals surface area (Å²) in [4.78, 5) is 17.5. The topological polar surface area (TPSA) is 35.6 Å². The Morgan fingerprint density at radius 1 is 1.00 bits per heavy atom. The number of halogens is 2. The van der Waals surface area contributed by atoms with E-state index in [1.54, 1.807) is 6.07 Å². The maximum absolute atomic E-state index is 13.7. The molecule has 2 aromatic carbocycles. The largest absolute Gasteiger partial charge is 0.353 e. The van der Waals surface area contributed by atoms with Crippen LogP contribution in [0.2, 0.25) is 5.02 Å². The van der Waals surface area contributed by atoms with E-state index in [9.17, 15) is 9.18 Å². The normalized spacial score (nSPS) is 20.3. The van der Waals surface area contributed by atoms with Crippen LogP contribution in [-0.2, 0) is 17.9 Å². The predicted molar refractivity (Wildman–Crippen MR) is 109 cm³/mol. The summed E-state index contributed by atoms with van der Waals surface area (Å²) >= 11 is 5.78. The van der Waals surface area contributed by atoms with Crippen LogP contribution >= 0.6 is 11.6 Å². The van der Waals surface area contributed by atoms with Gasteiger partial charge < -0.3 is 5.32 Å². The fourth-order valence-electron chi connectivity index (χ4n) is 4.38. The number of hydrogen-bond acceptors (Lipinski definition) is 3. The second kappa shape index (κ2) is 8.19. The van der Waals surface area contributed by atoms with Crippen molar-refractivity contribution < 1.29 is 9.18 Å². The Hall–Kier alpha value is -1.95. The quantitative estimate of drug-likeness (QED) is 0.852. The number of benzene rings is 2. The number of hydrogen-bond donors (Lipinski definition) is 1. The number of piperidine rings is 1. The number of nitrogens with one attached hydrogen (secondary N) is 1. The van der Waals surface area contributed by atoms with Crippen molar-refractivity contribution in [2.45, 2.75) is 31.5 Å². The summed E-state index contributed by atoms with van der Waals surface area (Å²) in [5.41, 5.74) is 1.69. The molecule has 0 unspecified atom stereocenters. The highest BCUT2D eigenvalue weighted by atomic mass is 35.5. The van der Waals surface area contributed by atoms with Crippen molar-refractivity contribution >= 4 is 17.5 Å². The van der Waals surface area contributed by atoms with Gasteiger partial charge in [-0.2, -0.15) is 0 Å². The molecule has 0 bridgehead atoms. The third-order valence-corrected chi connectivity index (χ3v) is 6.29. The lowest BCUT2D eigenvalue weighted by atomic mass is 9.82. The molecule has 4 nitrogen and oxygen atoms in total. The summed E-state index contributed by atoms with van der Waals surface area (Å²) < 4.78 is 13.7. The molecule has 148 valence electrons. The van der Waals surface area contributed by atoms with Crippen LogP contribution in [-0.4, -0.2) is 47.4 Å². The molecule has 0 saturated carbocycles. The third-order valence-electron chi connectivity index (χ3n) is 5.98. The molecule has 4 rings (SSSR count). The van der Waals surface area contributed by atoms with Crippen molar-refractivity contribution in [1.29, 1.82) is 0 Å². The number of nitrogens with zero attached hydrogens (tertiary/aromatic N) is 2. The van der Waals surface area contributed by atoms with Gasteiger partial charge in [0.1, 0.15) is 11.4 Å². The van der Waals surface area contributed by atoms with Gasteiger partial charge in [0.05, 0.1) is 5.02 Å². The van der Waals surface area contributed by atoms with E-state index in [2.05, 4.69) is 27.2 Å². The predicted octanol–water partition coefficient (Wildman–Crippen LogP) is 3.45. The summed E-state index contributed by atoms with van der Waals surface area (Å²) in [6.07, 6.45) is 1.56. The molecular weight excluding hydrogens is 377 g/mol. The van der Waals surface area contributed by atoms with Gasteiger partial charge in [0, 0.05) is 39.3 Å². The molecule has 2 saturated heterocycles. The molecule has 0 aliphatic carbocycles. The van der Waals surface area contributed by atoms with Gasteiger partial charge in [-0.05, 0) is 36.1 Å². The highest BCUT2D eigenvalue weighted by Gasteiger charge is 2.47. The van der Waals surface area contributed by atoms with E-state index >= 15 is 0 Å². The van der Waals surface area contributed by atoms with Crippen LogP contribution in [0.3, 0.4) is 0 Å². The highest BCUT2D eigenvalue weighted by molar-refractivity contribution is 6.30. The maximum Gasteiger partial charge on any atom is 0.240 e. The first-order valence-electron chi connectivity index (χ1n) is 9.80. The molecular formula is C22H25ClFN3O. The van der Waals surface area contributed by atoms with Crippen molar-refractivity contribution in [2.75, 3.05) is 26.2 Å². The first kappa shape index (κ1) is 19.4. The molecule has 1 spiro atoms. The SMILES string of the molecule is O=C1NCCN(Cc2ccccc2)C12CCN(Cc1ccc(Cl)c(F)c1)CC2. The number of rotatable bonds is 4. The zero-order valence-corrected chi connectivity index (χ0v) is 16.6. The summed E-state index contributed by atoms with van der Waals surface area (Å²) in [7, 11) is 0. The second-order valence-electron chi connectivity index (χ2n) is 7.72. The number of carbonyl (C=O) groups is 1. The Morgan fingerprint density at radius 3 is 2.46 bits per heavy atom. The molecule has 6 heteroatoms. The summed E-state index contributed by atoms with van der Waals surface area (Å²) in [6, 6.07) is 15.3.